The molecule has 2 heterocycles. The summed E-state index contributed by atoms with van der Waals surface area (Å²) in [6.45, 7) is 8.11. The number of nitrogens with two attached hydrogens (primary N) is 1. The van der Waals surface area contributed by atoms with Crippen LogP contribution in [0.15, 0.2) is 29.0 Å². The van der Waals surface area contributed by atoms with Crippen molar-refractivity contribution in [3.05, 3.63) is 45.8 Å². The second kappa shape index (κ2) is 5.85. The van der Waals surface area contributed by atoms with E-state index < -0.39 is 0 Å². The minimum absolute atomic E-state index is 0.0313. The van der Waals surface area contributed by atoms with Gasteiger partial charge in [-0.2, -0.15) is 11.3 Å². The Bertz CT molecular complexity index is 629. The molecular formula is C16H21N3OS. The zero-order chi connectivity index (χ0) is 15.6. The molecule has 1 atom stereocenters. The van der Waals surface area contributed by atoms with Gasteiger partial charge in [0, 0.05) is 16.7 Å². The molecule has 0 saturated heterocycles. The monoisotopic (exact) mass is 303 g/mol. The highest BCUT2D eigenvalue weighted by Gasteiger charge is 2.19. The summed E-state index contributed by atoms with van der Waals surface area (Å²) in [7, 11) is 0. The van der Waals surface area contributed by atoms with Gasteiger partial charge >= 0.3 is 0 Å². The predicted molar refractivity (Wildman–Crippen MR) is 87.5 cm³/mol. The van der Waals surface area contributed by atoms with Crippen molar-refractivity contribution in [1.82, 2.24) is 10.3 Å². The first-order valence-electron chi connectivity index (χ1n) is 6.88. The Morgan fingerprint density at radius 3 is 2.67 bits per heavy atom. The summed E-state index contributed by atoms with van der Waals surface area (Å²) in [6, 6.07) is 5.41. The fourth-order valence-electron chi connectivity index (χ4n) is 1.95. The molecule has 0 saturated carbocycles. The zero-order valence-electron chi connectivity index (χ0n) is 12.8. The third-order valence-corrected chi connectivity index (χ3v) is 3.97. The molecule has 0 spiro atoms. The van der Waals surface area contributed by atoms with E-state index in [0.717, 1.165) is 11.3 Å². The Labute approximate surface area is 129 Å². The topological polar surface area (TPSA) is 68.0 Å². The van der Waals surface area contributed by atoms with E-state index >= 15 is 0 Å². The summed E-state index contributed by atoms with van der Waals surface area (Å²) in [5.41, 5.74) is 8.15. The number of hydrogen-bond acceptors (Lipinski definition) is 4. The van der Waals surface area contributed by atoms with Gasteiger partial charge in [-0.15, -0.1) is 0 Å². The highest BCUT2D eigenvalue weighted by molar-refractivity contribution is 7.07. The lowest BCUT2D eigenvalue weighted by atomic mass is 9.90. The van der Waals surface area contributed by atoms with Crippen LogP contribution in [0.25, 0.3) is 0 Å². The number of rotatable bonds is 3. The molecule has 2 aromatic heterocycles. The maximum Gasteiger partial charge on any atom is 0.251 e. The standard InChI is InChI=1S/C16H21N3OS/c1-10(11-5-6-21-9-11)18-15(20)12-7-13(16(2,3)4)19-14(17)8-12/h5-10H,1-4H3,(H2,17,19)(H,18,20). The van der Waals surface area contributed by atoms with Crippen LogP contribution in [0.4, 0.5) is 5.82 Å². The van der Waals surface area contributed by atoms with Crippen molar-refractivity contribution in [3.63, 3.8) is 0 Å². The van der Waals surface area contributed by atoms with E-state index in [1.165, 1.54) is 0 Å². The molecule has 2 rings (SSSR count). The van der Waals surface area contributed by atoms with E-state index in [1.54, 1.807) is 17.4 Å². The minimum atomic E-state index is -0.149. The van der Waals surface area contributed by atoms with Crippen LogP contribution in [0.3, 0.4) is 0 Å². The Balaban J connectivity index is 2.21. The number of hydrogen-bond donors (Lipinski definition) is 2. The summed E-state index contributed by atoms with van der Waals surface area (Å²) < 4.78 is 0. The number of carbonyl (C=O) groups is 1. The summed E-state index contributed by atoms with van der Waals surface area (Å²) >= 11 is 1.62. The molecule has 4 nitrogen and oxygen atoms in total. The highest BCUT2D eigenvalue weighted by Crippen LogP contribution is 2.23. The van der Waals surface area contributed by atoms with Gasteiger partial charge in [0.25, 0.3) is 5.91 Å². The number of nitrogens with zero attached hydrogens (tertiary/aromatic N) is 1. The largest absolute Gasteiger partial charge is 0.384 e. The maximum atomic E-state index is 12.4. The van der Waals surface area contributed by atoms with Crippen molar-refractivity contribution < 1.29 is 4.79 Å². The van der Waals surface area contributed by atoms with Crippen LogP contribution in [-0.2, 0) is 5.41 Å². The summed E-state index contributed by atoms with van der Waals surface area (Å²) in [5.74, 6) is 0.240. The molecule has 0 aliphatic heterocycles. The Morgan fingerprint density at radius 1 is 1.38 bits per heavy atom. The van der Waals surface area contributed by atoms with Crippen molar-refractivity contribution in [2.24, 2.45) is 0 Å². The maximum absolute atomic E-state index is 12.4. The predicted octanol–water partition coefficient (Wildman–Crippen LogP) is 3.51. The molecule has 0 fully saturated rings. The van der Waals surface area contributed by atoms with Crippen LogP contribution >= 0.6 is 11.3 Å². The van der Waals surface area contributed by atoms with Crippen LogP contribution in [0, 0.1) is 0 Å². The molecule has 21 heavy (non-hydrogen) atoms. The average Bonchev–Trinajstić information content (AvgIpc) is 2.90. The second-order valence-corrected chi connectivity index (χ2v) is 6.95. The molecule has 3 N–H and O–H groups in total. The number of thiophene rings is 1. The first kappa shape index (κ1) is 15.5. The van der Waals surface area contributed by atoms with Gasteiger partial charge in [-0.3, -0.25) is 4.79 Å². The molecular weight excluding hydrogens is 282 g/mol. The first-order valence-corrected chi connectivity index (χ1v) is 7.82. The van der Waals surface area contributed by atoms with Crippen LogP contribution in [0.1, 0.15) is 55.4 Å². The fourth-order valence-corrected chi connectivity index (χ4v) is 2.71. The van der Waals surface area contributed by atoms with Gasteiger partial charge in [0.15, 0.2) is 0 Å². The Morgan fingerprint density at radius 2 is 2.10 bits per heavy atom. The van der Waals surface area contributed by atoms with Crippen molar-refractivity contribution >= 4 is 23.1 Å². The first-order chi connectivity index (χ1) is 9.77. The molecule has 0 aromatic carbocycles. The van der Waals surface area contributed by atoms with Crippen LogP contribution < -0.4 is 11.1 Å². The van der Waals surface area contributed by atoms with Gasteiger partial charge in [-0.25, -0.2) is 4.98 Å². The van der Waals surface area contributed by atoms with E-state index in [2.05, 4.69) is 10.3 Å². The van der Waals surface area contributed by atoms with Crippen molar-refractivity contribution in [1.29, 1.82) is 0 Å². The lowest BCUT2D eigenvalue weighted by Crippen LogP contribution is -2.27. The summed E-state index contributed by atoms with van der Waals surface area (Å²) in [6.07, 6.45) is 0. The molecule has 0 radical (unpaired) electrons. The Kier molecular flexibility index (Phi) is 4.32. The second-order valence-electron chi connectivity index (χ2n) is 6.17. The van der Waals surface area contributed by atoms with Crippen molar-refractivity contribution in [2.45, 2.75) is 39.2 Å². The van der Waals surface area contributed by atoms with Crippen LogP contribution in [-0.4, -0.2) is 10.9 Å². The molecule has 0 aliphatic rings. The number of nitrogens with one attached hydrogen (secondary N) is 1. The van der Waals surface area contributed by atoms with Crippen molar-refractivity contribution in [3.8, 4) is 0 Å². The lowest BCUT2D eigenvalue weighted by molar-refractivity contribution is 0.0939. The summed E-state index contributed by atoms with van der Waals surface area (Å²) in [4.78, 5) is 16.7. The van der Waals surface area contributed by atoms with Gasteiger partial charge < -0.3 is 11.1 Å². The van der Waals surface area contributed by atoms with Gasteiger partial charge in [0.2, 0.25) is 0 Å². The quantitative estimate of drug-likeness (QED) is 0.911. The van der Waals surface area contributed by atoms with E-state index in [-0.39, 0.29) is 17.4 Å². The van der Waals surface area contributed by atoms with Gasteiger partial charge in [0.05, 0.1) is 6.04 Å². The number of carbonyl (C=O) groups excluding carboxylic acids is 1. The van der Waals surface area contributed by atoms with E-state index in [1.807, 2.05) is 50.6 Å². The molecule has 0 bridgehead atoms. The number of aromatic nitrogens is 1. The summed E-state index contributed by atoms with van der Waals surface area (Å²) in [5, 5.41) is 7.02. The number of nitrogen functional groups attached to an aromatic ring is 1. The number of amides is 1. The molecule has 1 unspecified atom stereocenters. The molecule has 5 heteroatoms. The average molecular weight is 303 g/mol. The van der Waals surface area contributed by atoms with E-state index in [9.17, 15) is 4.79 Å². The molecule has 0 aliphatic carbocycles. The van der Waals surface area contributed by atoms with Gasteiger partial charge in [-0.1, -0.05) is 20.8 Å². The highest BCUT2D eigenvalue weighted by atomic mass is 32.1. The van der Waals surface area contributed by atoms with E-state index in [0.29, 0.717) is 11.4 Å². The number of anilines is 1. The van der Waals surface area contributed by atoms with Crippen LogP contribution in [0.2, 0.25) is 0 Å². The third kappa shape index (κ3) is 3.82. The SMILES string of the molecule is CC(NC(=O)c1cc(N)nc(C(C)(C)C)c1)c1ccsc1. The number of pyridine rings is 1. The molecule has 1 amide bonds. The van der Waals surface area contributed by atoms with Crippen LogP contribution in [0.5, 0.6) is 0 Å². The van der Waals surface area contributed by atoms with Gasteiger partial charge in [0.1, 0.15) is 5.82 Å². The van der Waals surface area contributed by atoms with Crippen molar-refractivity contribution in [2.75, 3.05) is 5.73 Å². The third-order valence-electron chi connectivity index (χ3n) is 3.27. The smallest absolute Gasteiger partial charge is 0.251 e. The normalized spacial score (nSPS) is 13.0. The minimum Gasteiger partial charge on any atom is -0.384 e. The zero-order valence-corrected chi connectivity index (χ0v) is 13.6. The van der Waals surface area contributed by atoms with Gasteiger partial charge in [-0.05, 0) is 41.4 Å². The lowest BCUT2D eigenvalue weighted by Gasteiger charge is -2.19. The molecule has 2 aromatic rings. The Hall–Kier alpha value is -1.88. The van der Waals surface area contributed by atoms with E-state index in [4.69, 9.17) is 5.73 Å². The fraction of sp³-hybridized carbons (Fsp3) is 0.375. The molecule has 112 valence electrons.